The van der Waals surface area contributed by atoms with E-state index in [2.05, 4.69) is 17.1 Å². The zero-order valence-corrected chi connectivity index (χ0v) is 10.7. The van der Waals surface area contributed by atoms with E-state index in [1.807, 2.05) is 0 Å². The first-order chi connectivity index (χ1) is 9.18. The van der Waals surface area contributed by atoms with Gasteiger partial charge < -0.3 is 0 Å². The van der Waals surface area contributed by atoms with Crippen molar-refractivity contribution in [3.05, 3.63) is 35.5 Å². The number of halogens is 1. The monoisotopic (exact) mass is 274 g/mol. The van der Waals surface area contributed by atoms with Crippen LogP contribution in [0.2, 0.25) is 5.02 Å². The number of carbonyl (C=O) groups is 2. The van der Waals surface area contributed by atoms with E-state index < -0.39 is 0 Å². The number of amides is 2. The molecule has 2 amide bonds. The lowest BCUT2D eigenvalue weighted by Crippen LogP contribution is -2.33. The number of aromatic nitrogens is 1. The third-order valence-corrected chi connectivity index (χ3v) is 4.72. The lowest BCUT2D eigenvalue weighted by Gasteiger charge is -2.16. The molecule has 0 spiro atoms. The van der Waals surface area contributed by atoms with Gasteiger partial charge in [-0.25, -0.2) is 9.88 Å². The molecule has 1 saturated heterocycles. The number of hydrogen-bond acceptors (Lipinski definition) is 3. The second-order valence-corrected chi connectivity index (χ2v) is 5.73. The zero-order chi connectivity index (χ0) is 13.1. The number of anilines is 1. The Kier molecular flexibility index (Phi) is 2.16. The number of hydrogen-bond donors (Lipinski definition) is 0. The van der Waals surface area contributed by atoms with Crippen LogP contribution in [-0.4, -0.2) is 16.8 Å². The molecule has 96 valence electrons. The molecule has 4 nitrogen and oxygen atoms in total. The summed E-state index contributed by atoms with van der Waals surface area (Å²) in [6, 6.07) is 3.33. The molecular formula is C14H11ClN2O2. The van der Waals surface area contributed by atoms with E-state index in [1.165, 1.54) is 4.90 Å². The van der Waals surface area contributed by atoms with Crippen molar-refractivity contribution in [1.29, 1.82) is 0 Å². The van der Waals surface area contributed by atoms with Gasteiger partial charge in [0.1, 0.15) is 0 Å². The number of allylic oxidation sites excluding steroid dienone is 2. The Morgan fingerprint density at radius 3 is 2.37 bits per heavy atom. The molecule has 3 aliphatic rings. The second-order valence-electron chi connectivity index (χ2n) is 5.32. The summed E-state index contributed by atoms with van der Waals surface area (Å²) in [6.45, 7) is 0. The van der Waals surface area contributed by atoms with Crippen molar-refractivity contribution in [1.82, 2.24) is 4.98 Å². The molecule has 2 aliphatic carbocycles. The average Bonchev–Trinajstić information content (AvgIpc) is 3.06. The van der Waals surface area contributed by atoms with Crippen LogP contribution < -0.4 is 4.90 Å². The highest BCUT2D eigenvalue weighted by molar-refractivity contribution is 6.35. The van der Waals surface area contributed by atoms with Gasteiger partial charge in [-0.05, 0) is 30.4 Å². The Hall–Kier alpha value is -1.68. The van der Waals surface area contributed by atoms with Crippen molar-refractivity contribution < 1.29 is 9.59 Å². The van der Waals surface area contributed by atoms with Crippen LogP contribution in [0, 0.1) is 23.7 Å². The van der Waals surface area contributed by atoms with Gasteiger partial charge in [-0.3, -0.25) is 9.59 Å². The zero-order valence-electron chi connectivity index (χ0n) is 9.99. The summed E-state index contributed by atoms with van der Waals surface area (Å²) in [5.41, 5.74) is 0. The summed E-state index contributed by atoms with van der Waals surface area (Å²) in [5, 5.41) is 0.337. The molecule has 2 bridgehead atoms. The fraction of sp³-hybridized carbons (Fsp3) is 0.357. The molecule has 1 saturated carbocycles. The van der Waals surface area contributed by atoms with Crippen LogP contribution in [0.5, 0.6) is 0 Å². The summed E-state index contributed by atoms with van der Waals surface area (Å²) < 4.78 is 0. The molecule has 1 aromatic rings. The second kappa shape index (κ2) is 3.67. The lowest BCUT2D eigenvalue weighted by atomic mass is 9.85. The Labute approximate surface area is 115 Å². The van der Waals surface area contributed by atoms with Crippen LogP contribution in [0.4, 0.5) is 5.82 Å². The van der Waals surface area contributed by atoms with Crippen molar-refractivity contribution in [2.75, 3.05) is 4.90 Å². The van der Waals surface area contributed by atoms with Gasteiger partial charge in [0.25, 0.3) is 0 Å². The molecule has 19 heavy (non-hydrogen) atoms. The molecule has 1 aliphatic heterocycles. The van der Waals surface area contributed by atoms with Gasteiger partial charge in [0, 0.05) is 6.20 Å². The maximum absolute atomic E-state index is 12.5. The topological polar surface area (TPSA) is 50.3 Å². The molecule has 0 radical (unpaired) electrons. The summed E-state index contributed by atoms with van der Waals surface area (Å²) in [7, 11) is 0. The predicted molar refractivity (Wildman–Crippen MR) is 69.5 cm³/mol. The van der Waals surface area contributed by atoms with Gasteiger partial charge in [0.15, 0.2) is 5.82 Å². The van der Waals surface area contributed by atoms with E-state index in [0.717, 1.165) is 6.42 Å². The number of rotatable bonds is 1. The molecule has 0 N–H and O–H groups in total. The van der Waals surface area contributed by atoms with Crippen LogP contribution in [0.1, 0.15) is 6.42 Å². The van der Waals surface area contributed by atoms with Gasteiger partial charge in [-0.1, -0.05) is 23.8 Å². The predicted octanol–water partition coefficient (Wildman–Crippen LogP) is 2.05. The van der Waals surface area contributed by atoms with E-state index in [4.69, 9.17) is 11.6 Å². The van der Waals surface area contributed by atoms with Crippen molar-refractivity contribution in [3.63, 3.8) is 0 Å². The van der Waals surface area contributed by atoms with Crippen LogP contribution in [0.15, 0.2) is 30.5 Å². The van der Waals surface area contributed by atoms with Crippen molar-refractivity contribution >= 4 is 29.2 Å². The fourth-order valence-electron chi connectivity index (χ4n) is 3.65. The summed E-state index contributed by atoms with van der Waals surface area (Å²) in [5.74, 6) is -0.0214. The maximum atomic E-state index is 12.5. The van der Waals surface area contributed by atoms with E-state index >= 15 is 0 Å². The molecule has 2 heterocycles. The number of fused-ring (bicyclic) bond motifs is 5. The largest absolute Gasteiger partial charge is 0.274 e. The van der Waals surface area contributed by atoms with E-state index in [-0.39, 0.29) is 41.3 Å². The minimum Gasteiger partial charge on any atom is -0.274 e. The van der Waals surface area contributed by atoms with Crippen molar-refractivity contribution in [3.8, 4) is 0 Å². The number of pyridine rings is 1. The van der Waals surface area contributed by atoms with E-state index in [1.54, 1.807) is 18.3 Å². The summed E-state index contributed by atoms with van der Waals surface area (Å²) >= 11 is 6.06. The lowest BCUT2D eigenvalue weighted by molar-refractivity contribution is -0.123. The van der Waals surface area contributed by atoms with E-state index in [9.17, 15) is 9.59 Å². The van der Waals surface area contributed by atoms with Crippen molar-refractivity contribution in [2.24, 2.45) is 23.7 Å². The fourth-order valence-corrected chi connectivity index (χ4v) is 3.86. The summed E-state index contributed by atoms with van der Waals surface area (Å²) in [4.78, 5) is 30.3. The van der Waals surface area contributed by atoms with Crippen LogP contribution in [0.25, 0.3) is 0 Å². The number of nitrogens with zero attached hydrogens (tertiary/aromatic N) is 2. The quantitative estimate of drug-likeness (QED) is 0.582. The number of imide groups is 1. The normalized spacial score (nSPS) is 35.3. The molecular weight excluding hydrogens is 264 g/mol. The van der Waals surface area contributed by atoms with Crippen molar-refractivity contribution in [2.45, 2.75) is 6.42 Å². The first-order valence-electron chi connectivity index (χ1n) is 6.35. The van der Waals surface area contributed by atoms with Crippen LogP contribution in [-0.2, 0) is 9.59 Å². The Balaban J connectivity index is 1.79. The van der Waals surface area contributed by atoms with Gasteiger partial charge in [-0.15, -0.1) is 0 Å². The highest BCUT2D eigenvalue weighted by Gasteiger charge is 2.60. The summed E-state index contributed by atoms with van der Waals surface area (Å²) in [6.07, 6.45) is 6.61. The highest BCUT2D eigenvalue weighted by Crippen LogP contribution is 2.53. The SMILES string of the molecule is O=C1C2C3C=CC(C3)C2C(=O)N1c1ncccc1Cl. The minimum absolute atomic E-state index is 0.146. The highest BCUT2D eigenvalue weighted by atomic mass is 35.5. The Morgan fingerprint density at radius 2 is 1.79 bits per heavy atom. The molecule has 2 fully saturated rings. The average molecular weight is 275 g/mol. The third kappa shape index (κ3) is 1.32. The maximum Gasteiger partial charge on any atom is 0.239 e. The Morgan fingerprint density at radius 1 is 1.16 bits per heavy atom. The van der Waals surface area contributed by atoms with Gasteiger partial charge in [0.2, 0.25) is 11.8 Å². The molecule has 5 heteroatoms. The van der Waals surface area contributed by atoms with Crippen LogP contribution >= 0.6 is 11.6 Å². The molecule has 4 rings (SSSR count). The molecule has 4 atom stereocenters. The van der Waals surface area contributed by atoms with Gasteiger partial charge >= 0.3 is 0 Å². The molecule has 1 aromatic heterocycles. The first kappa shape index (κ1) is 11.2. The van der Waals surface area contributed by atoms with E-state index in [0.29, 0.717) is 5.02 Å². The minimum atomic E-state index is -0.208. The molecule has 4 unspecified atom stereocenters. The number of carbonyl (C=O) groups excluding carboxylic acids is 2. The molecule has 0 aromatic carbocycles. The first-order valence-corrected chi connectivity index (χ1v) is 6.73. The van der Waals surface area contributed by atoms with Crippen LogP contribution in [0.3, 0.4) is 0 Å². The van der Waals surface area contributed by atoms with Gasteiger partial charge in [-0.2, -0.15) is 0 Å². The third-order valence-electron chi connectivity index (χ3n) is 4.42. The van der Waals surface area contributed by atoms with Gasteiger partial charge in [0.05, 0.1) is 16.9 Å². The smallest absolute Gasteiger partial charge is 0.239 e. The Bertz CT molecular complexity index is 598. The standard InChI is InChI=1S/C14H11ClN2O2/c15-9-2-1-5-16-12(9)17-13(18)10-7-3-4-8(6-7)11(10)14(17)19/h1-5,7-8,10-11H,6H2.